The number of hydrogen-bond donors (Lipinski definition) is 4. The molecule has 0 bridgehead atoms. The van der Waals surface area contributed by atoms with Gasteiger partial charge in [0.15, 0.2) is 0 Å². The van der Waals surface area contributed by atoms with Crippen molar-refractivity contribution in [3.8, 4) is 0 Å². The Morgan fingerprint density at radius 3 is 1.35 bits per heavy atom. The van der Waals surface area contributed by atoms with Gasteiger partial charge < -0.3 is 20.8 Å². The predicted molar refractivity (Wildman–Crippen MR) is 150 cm³/mol. The van der Waals surface area contributed by atoms with Gasteiger partial charge in [0.1, 0.15) is 0 Å². The summed E-state index contributed by atoms with van der Waals surface area (Å²) in [7, 11) is -2.01. The van der Waals surface area contributed by atoms with E-state index in [0.717, 1.165) is 12.1 Å². The van der Waals surface area contributed by atoms with Crippen molar-refractivity contribution in [1.29, 1.82) is 0 Å². The molecule has 0 aliphatic heterocycles. The molecular weight excluding hydrogens is 579 g/mol. The van der Waals surface area contributed by atoms with E-state index < -0.39 is 34.6 Å². The number of carboxylic acid groups (broad SMARTS) is 2. The van der Waals surface area contributed by atoms with E-state index in [1.165, 1.54) is 48.5 Å². The molecule has 9 nitrogen and oxygen atoms in total. The van der Waals surface area contributed by atoms with Crippen LogP contribution in [0.3, 0.4) is 0 Å². The third-order valence-electron chi connectivity index (χ3n) is 5.54. The summed E-state index contributed by atoms with van der Waals surface area (Å²) >= 11 is 11.8. The first kappa shape index (κ1) is 28.5. The summed E-state index contributed by atoms with van der Waals surface area (Å²) in [5, 5.41) is 25.1. The smallest absolute Gasteiger partial charge is 0.337 e. The number of nitrogens with one attached hydrogen (secondary N) is 2. The van der Waals surface area contributed by atoms with Gasteiger partial charge in [0, 0.05) is 31.0 Å². The number of benzene rings is 4. The van der Waals surface area contributed by atoms with Crippen molar-refractivity contribution in [2.24, 2.45) is 0 Å². The summed E-state index contributed by atoms with van der Waals surface area (Å²) in [6.07, 6.45) is 0. The SMILES string of the molecule is O=C(Nc1ccc(S(=O)c2ccc(NC(=O)c3cccc(Cl)c3)c(C(=O)O)c2)cc1C(=O)O)c1cccc(Cl)c1. The standard InChI is InChI=1S/C28H18Cl2N2O7S/c29-17-5-1-3-15(11-17)25(33)31-23-9-7-19(13-21(23)27(35)36)40(39)20-8-10-24(22(14-20)28(37)38)32-26(34)16-4-2-6-18(30)12-16/h1-14H,(H,31,33)(H,32,34)(H,35,36)(H,37,38). The summed E-state index contributed by atoms with van der Waals surface area (Å²) in [5.41, 5.74) is -0.317. The van der Waals surface area contributed by atoms with Crippen LogP contribution in [0.5, 0.6) is 0 Å². The average Bonchev–Trinajstić information content (AvgIpc) is 2.92. The Labute approximate surface area is 239 Å². The van der Waals surface area contributed by atoms with Crippen LogP contribution in [0.25, 0.3) is 0 Å². The van der Waals surface area contributed by atoms with E-state index in [4.69, 9.17) is 23.2 Å². The highest BCUT2D eigenvalue weighted by Gasteiger charge is 2.20. The van der Waals surface area contributed by atoms with Gasteiger partial charge in [0.25, 0.3) is 11.8 Å². The van der Waals surface area contributed by atoms with Crippen LogP contribution < -0.4 is 10.6 Å². The van der Waals surface area contributed by atoms with Gasteiger partial charge in [0.2, 0.25) is 0 Å². The number of aromatic carboxylic acids is 2. The second kappa shape index (κ2) is 12.1. The van der Waals surface area contributed by atoms with Crippen molar-refractivity contribution in [2.75, 3.05) is 10.6 Å². The van der Waals surface area contributed by atoms with E-state index in [1.54, 1.807) is 24.3 Å². The predicted octanol–water partition coefficient (Wildman–Crippen LogP) is 6.06. The van der Waals surface area contributed by atoms with Gasteiger partial charge >= 0.3 is 11.9 Å². The Kier molecular flexibility index (Phi) is 8.64. The Bertz CT molecular complexity index is 1590. The van der Waals surface area contributed by atoms with E-state index in [9.17, 15) is 33.6 Å². The number of rotatable bonds is 8. The van der Waals surface area contributed by atoms with Crippen LogP contribution in [0.4, 0.5) is 11.4 Å². The van der Waals surface area contributed by atoms with Crippen molar-refractivity contribution in [3.05, 3.63) is 117 Å². The van der Waals surface area contributed by atoms with Crippen LogP contribution in [-0.2, 0) is 10.8 Å². The van der Waals surface area contributed by atoms with E-state index in [0.29, 0.717) is 10.0 Å². The maximum absolute atomic E-state index is 13.3. The average molecular weight is 597 g/mol. The first-order valence-electron chi connectivity index (χ1n) is 11.3. The zero-order valence-electron chi connectivity index (χ0n) is 20.2. The monoisotopic (exact) mass is 596 g/mol. The number of carbonyl (C=O) groups excluding carboxylic acids is 2. The number of halogens is 2. The minimum absolute atomic E-state index is 0.0384. The summed E-state index contributed by atoms with van der Waals surface area (Å²) < 4.78 is 13.3. The van der Waals surface area contributed by atoms with E-state index in [-0.39, 0.29) is 43.4 Å². The number of carbonyl (C=O) groups is 4. The van der Waals surface area contributed by atoms with Crippen LogP contribution in [0.15, 0.2) is 94.7 Å². The molecule has 0 aliphatic carbocycles. The molecule has 4 N–H and O–H groups in total. The molecule has 40 heavy (non-hydrogen) atoms. The number of carboxylic acids is 2. The highest BCUT2D eigenvalue weighted by molar-refractivity contribution is 7.85. The molecule has 0 fully saturated rings. The maximum atomic E-state index is 13.3. The molecule has 202 valence electrons. The van der Waals surface area contributed by atoms with Gasteiger partial charge in [-0.25, -0.2) is 13.8 Å². The van der Waals surface area contributed by atoms with Crippen molar-refractivity contribution in [2.45, 2.75) is 9.79 Å². The van der Waals surface area contributed by atoms with Crippen LogP contribution in [0.2, 0.25) is 10.0 Å². The largest absolute Gasteiger partial charge is 0.478 e. The number of amides is 2. The molecule has 0 atom stereocenters. The van der Waals surface area contributed by atoms with Crippen LogP contribution >= 0.6 is 23.2 Å². The van der Waals surface area contributed by atoms with Gasteiger partial charge in [-0.15, -0.1) is 0 Å². The van der Waals surface area contributed by atoms with Crippen molar-refractivity contribution in [3.63, 3.8) is 0 Å². The van der Waals surface area contributed by atoms with Gasteiger partial charge in [-0.1, -0.05) is 35.3 Å². The maximum Gasteiger partial charge on any atom is 0.337 e. The molecule has 0 saturated heterocycles. The van der Waals surface area contributed by atoms with E-state index in [2.05, 4.69) is 10.6 Å². The number of hydrogen-bond acceptors (Lipinski definition) is 5. The van der Waals surface area contributed by atoms with Crippen LogP contribution in [0, 0.1) is 0 Å². The highest BCUT2D eigenvalue weighted by atomic mass is 35.5. The second-order valence-electron chi connectivity index (χ2n) is 8.22. The lowest BCUT2D eigenvalue weighted by atomic mass is 10.1. The summed E-state index contributed by atoms with van der Waals surface area (Å²) in [5.74, 6) is -3.96. The summed E-state index contributed by atoms with van der Waals surface area (Å²) in [4.78, 5) is 49.1. The first-order valence-corrected chi connectivity index (χ1v) is 13.2. The van der Waals surface area contributed by atoms with Crippen molar-refractivity contribution < 1.29 is 33.6 Å². The molecule has 0 saturated carbocycles. The lowest BCUT2D eigenvalue weighted by Crippen LogP contribution is -2.15. The van der Waals surface area contributed by atoms with E-state index in [1.807, 2.05) is 0 Å². The van der Waals surface area contributed by atoms with Gasteiger partial charge in [-0.2, -0.15) is 0 Å². The Hall–Kier alpha value is -4.51. The fourth-order valence-corrected chi connectivity index (χ4v) is 5.12. The Morgan fingerprint density at radius 1 is 0.600 bits per heavy atom. The molecule has 0 radical (unpaired) electrons. The van der Waals surface area contributed by atoms with Gasteiger partial charge in [-0.3, -0.25) is 9.59 Å². The number of anilines is 2. The molecule has 12 heteroatoms. The summed E-state index contributed by atoms with van der Waals surface area (Å²) in [6, 6.07) is 19.7. The molecule has 0 unspecified atom stereocenters. The molecule has 4 rings (SSSR count). The molecule has 2 amide bonds. The third kappa shape index (κ3) is 6.55. The quantitative estimate of drug-likeness (QED) is 0.193. The van der Waals surface area contributed by atoms with Gasteiger partial charge in [0.05, 0.1) is 33.3 Å². The minimum atomic E-state index is -2.01. The first-order chi connectivity index (χ1) is 19.0. The lowest BCUT2D eigenvalue weighted by molar-refractivity contribution is 0.0686. The van der Waals surface area contributed by atoms with E-state index >= 15 is 0 Å². The molecule has 0 aliphatic rings. The topological polar surface area (TPSA) is 150 Å². The van der Waals surface area contributed by atoms with Crippen molar-refractivity contribution in [1.82, 2.24) is 0 Å². The second-order valence-corrected chi connectivity index (χ2v) is 10.6. The lowest BCUT2D eigenvalue weighted by Gasteiger charge is -2.13. The molecule has 4 aromatic carbocycles. The van der Waals surface area contributed by atoms with Crippen LogP contribution in [0.1, 0.15) is 41.4 Å². The van der Waals surface area contributed by atoms with Crippen LogP contribution in [-0.4, -0.2) is 38.2 Å². The third-order valence-corrected chi connectivity index (χ3v) is 7.38. The molecule has 4 aromatic rings. The van der Waals surface area contributed by atoms with Crippen molar-refractivity contribution >= 4 is 69.1 Å². The summed E-state index contributed by atoms with van der Waals surface area (Å²) in [6.45, 7) is 0. The highest BCUT2D eigenvalue weighted by Crippen LogP contribution is 2.27. The fraction of sp³-hybridized carbons (Fsp3) is 0. The molecule has 0 spiro atoms. The fourth-order valence-electron chi connectivity index (χ4n) is 3.63. The molecule has 0 aromatic heterocycles. The zero-order chi connectivity index (χ0) is 29.0. The van der Waals surface area contributed by atoms with Gasteiger partial charge in [-0.05, 0) is 72.8 Å². The minimum Gasteiger partial charge on any atom is -0.478 e. The Morgan fingerprint density at radius 2 is 1.00 bits per heavy atom. The normalized spacial score (nSPS) is 10.7. The Balaban J connectivity index is 1.61. The zero-order valence-corrected chi connectivity index (χ0v) is 22.5. The molecule has 0 heterocycles. The molecular formula is C28H18Cl2N2O7S.